The average molecular weight is 277 g/mol. The highest BCUT2D eigenvalue weighted by atomic mass is 79.9. The molecule has 0 amide bonds. The van der Waals surface area contributed by atoms with Gasteiger partial charge in [0.05, 0.1) is 0 Å². The largest absolute Gasteiger partial charge is 0.310 e. The van der Waals surface area contributed by atoms with Crippen LogP contribution in [0.25, 0.3) is 0 Å². The first-order chi connectivity index (χ1) is 6.38. The summed E-state index contributed by atoms with van der Waals surface area (Å²) in [6, 6.07) is 9.05. The minimum absolute atomic E-state index is 0. The molecule has 1 N–H and O–H groups in total. The second-order valence-electron chi connectivity index (χ2n) is 3.52. The topological polar surface area (TPSA) is 12.0 Å². The van der Waals surface area contributed by atoms with E-state index in [1.807, 2.05) is 0 Å². The Morgan fingerprint density at radius 1 is 1.21 bits per heavy atom. The molecular formula is C11H15BrClN. The van der Waals surface area contributed by atoms with Crippen LogP contribution in [0, 0.1) is 0 Å². The highest BCUT2D eigenvalue weighted by Crippen LogP contribution is 2.28. The van der Waals surface area contributed by atoms with Crippen molar-refractivity contribution in [2.75, 3.05) is 6.54 Å². The van der Waals surface area contributed by atoms with Gasteiger partial charge in [-0.3, -0.25) is 0 Å². The Kier molecular flexibility index (Phi) is 4.93. The molecule has 0 aromatic heterocycles. The summed E-state index contributed by atoms with van der Waals surface area (Å²) in [4.78, 5) is 0. The number of rotatable bonds is 1. The van der Waals surface area contributed by atoms with Gasteiger partial charge in [0, 0.05) is 10.5 Å². The van der Waals surface area contributed by atoms with Gasteiger partial charge in [-0.1, -0.05) is 40.5 Å². The molecule has 1 fully saturated rings. The molecule has 1 heterocycles. The van der Waals surface area contributed by atoms with Gasteiger partial charge in [-0.15, -0.1) is 12.4 Å². The maximum Gasteiger partial charge on any atom is 0.0331 e. The molecule has 0 bridgehead atoms. The van der Waals surface area contributed by atoms with Crippen LogP contribution in [0.3, 0.4) is 0 Å². The van der Waals surface area contributed by atoms with Crippen LogP contribution in [0.1, 0.15) is 30.9 Å². The zero-order valence-electron chi connectivity index (χ0n) is 8.00. The van der Waals surface area contributed by atoms with Crippen molar-refractivity contribution in [2.24, 2.45) is 0 Å². The van der Waals surface area contributed by atoms with Crippen LogP contribution in [0.2, 0.25) is 0 Å². The number of hydrogen-bond donors (Lipinski definition) is 1. The number of halogens is 2. The Labute approximate surface area is 99.8 Å². The number of nitrogens with one attached hydrogen (secondary N) is 1. The van der Waals surface area contributed by atoms with E-state index >= 15 is 0 Å². The summed E-state index contributed by atoms with van der Waals surface area (Å²) >= 11 is 3.59. The van der Waals surface area contributed by atoms with Crippen molar-refractivity contribution in [3.63, 3.8) is 0 Å². The minimum atomic E-state index is 0. The van der Waals surface area contributed by atoms with E-state index < -0.39 is 0 Å². The maximum atomic E-state index is 3.59. The molecule has 1 aliphatic heterocycles. The summed E-state index contributed by atoms with van der Waals surface area (Å²) < 4.78 is 1.23. The predicted molar refractivity (Wildman–Crippen MR) is 66.0 cm³/mol. The van der Waals surface area contributed by atoms with Crippen molar-refractivity contribution >= 4 is 28.3 Å². The standard InChI is InChI=1S/C11H14BrN.ClH/c12-10-6-2-1-5-9(10)11-7-3-4-8-13-11;/h1-2,5-6,11,13H,3-4,7-8H2;1H/t11-;/m1./s1. The van der Waals surface area contributed by atoms with Crippen LogP contribution in [-0.2, 0) is 0 Å². The van der Waals surface area contributed by atoms with E-state index in [9.17, 15) is 0 Å². The molecule has 1 aliphatic rings. The van der Waals surface area contributed by atoms with Gasteiger partial charge in [0.25, 0.3) is 0 Å². The fraction of sp³-hybridized carbons (Fsp3) is 0.455. The van der Waals surface area contributed by atoms with Crippen LogP contribution >= 0.6 is 28.3 Å². The fourth-order valence-corrected chi connectivity index (χ4v) is 2.44. The summed E-state index contributed by atoms with van der Waals surface area (Å²) in [6.07, 6.45) is 3.93. The molecule has 0 aliphatic carbocycles. The Balaban J connectivity index is 0.000000980. The number of benzene rings is 1. The van der Waals surface area contributed by atoms with E-state index in [2.05, 4.69) is 45.5 Å². The summed E-state index contributed by atoms with van der Waals surface area (Å²) in [5, 5.41) is 3.55. The Morgan fingerprint density at radius 2 is 2.00 bits per heavy atom. The molecule has 0 saturated carbocycles. The predicted octanol–water partition coefficient (Wildman–Crippen LogP) is 3.69. The molecule has 3 heteroatoms. The van der Waals surface area contributed by atoms with Gasteiger partial charge in [-0.05, 0) is 31.0 Å². The molecule has 1 atom stereocenters. The Bertz CT molecular complexity index is 284. The van der Waals surface area contributed by atoms with Gasteiger partial charge in [-0.2, -0.15) is 0 Å². The van der Waals surface area contributed by atoms with Gasteiger partial charge in [0.1, 0.15) is 0 Å². The Morgan fingerprint density at radius 3 is 2.64 bits per heavy atom. The van der Waals surface area contributed by atoms with Gasteiger partial charge in [-0.25, -0.2) is 0 Å². The quantitative estimate of drug-likeness (QED) is 0.825. The molecule has 2 rings (SSSR count). The average Bonchev–Trinajstić information content (AvgIpc) is 2.20. The molecule has 1 nitrogen and oxygen atoms in total. The van der Waals surface area contributed by atoms with Crippen molar-refractivity contribution in [2.45, 2.75) is 25.3 Å². The highest BCUT2D eigenvalue weighted by Gasteiger charge is 2.15. The smallest absolute Gasteiger partial charge is 0.0331 e. The zero-order valence-corrected chi connectivity index (χ0v) is 10.4. The lowest BCUT2D eigenvalue weighted by Crippen LogP contribution is -2.26. The van der Waals surface area contributed by atoms with Gasteiger partial charge in [0.2, 0.25) is 0 Å². The minimum Gasteiger partial charge on any atom is -0.310 e. The lowest BCUT2D eigenvalue weighted by atomic mass is 9.98. The van der Waals surface area contributed by atoms with E-state index in [0.717, 1.165) is 6.54 Å². The molecule has 1 aromatic carbocycles. The third kappa shape index (κ3) is 2.72. The summed E-state index contributed by atoms with van der Waals surface area (Å²) in [7, 11) is 0. The first kappa shape index (κ1) is 12.0. The first-order valence-electron chi connectivity index (χ1n) is 4.86. The number of hydrogen-bond acceptors (Lipinski definition) is 1. The molecule has 1 saturated heterocycles. The lowest BCUT2D eigenvalue weighted by molar-refractivity contribution is 0.411. The van der Waals surface area contributed by atoms with E-state index in [1.54, 1.807) is 0 Å². The highest BCUT2D eigenvalue weighted by molar-refractivity contribution is 9.10. The molecule has 14 heavy (non-hydrogen) atoms. The zero-order chi connectivity index (χ0) is 9.10. The van der Waals surface area contributed by atoms with E-state index in [0.29, 0.717) is 6.04 Å². The van der Waals surface area contributed by atoms with Crippen molar-refractivity contribution in [3.05, 3.63) is 34.3 Å². The number of piperidine rings is 1. The van der Waals surface area contributed by atoms with E-state index in [1.165, 1.54) is 29.3 Å². The van der Waals surface area contributed by atoms with Crippen molar-refractivity contribution in [1.29, 1.82) is 0 Å². The molecule has 0 radical (unpaired) electrons. The van der Waals surface area contributed by atoms with Crippen LogP contribution in [0.4, 0.5) is 0 Å². The second kappa shape index (κ2) is 5.74. The van der Waals surface area contributed by atoms with Crippen LogP contribution in [0.15, 0.2) is 28.7 Å². The monoisotopic (exact) mass is 275 g/mol. The van der Waals surface area contributed by atoms with Crippen molar-refractivity contribution in [1.82, 2.24) is 5.32 Å². The van der Waals surface area contributed by atoms with Crippen LogP contribution in [0.5, 0.6) is 0 Å². The maximum absolute atomic E-state index is 3.59. The van der Waals surface area contributed by atoms with Gasteiger partial charge >= 0.3 is 0 Å². The normalized spacial score (nSPS) is 21.4. The fourth-order valence-electron chi connectivity index (χ4n) is 1.87. The van der Waals surface area contributed by atoms with Gasteiger partial charge in [0.15, 0.2) is 0 Å². The lowest BCUT2D eigenvalue weighted by Gasteiger charge is -2.24. The van der Waals surface area contributed by atoms with Crippen LogP contribution in [-0.4, -0.2) is 6.54 Å². The summed E-state index contributed by atoms with van der Waals surface area (Å²) in [5.41, 5.74) is 1.40. The third-order valence-corrected chi connectivity index (χ3v) is 3.31. The molecule has 0 spiro atoms. The summed E-state index contributed by atoms with van der Waals surface area (Å²) in [5.74, 6) is 0. The Hall–Kier alpha value is -0.0500. The molecule has 78 valence electrons. The van der Waals surface area contributed by atoms with Gasteiger partial charge < -0.3 is 5.32 Å². The first-order valence-corrected chi connectivity index (χ1v) is 5.65. The summed E-state index contributed by atoms with van der Waals surface area (Å²) in [6.45, 7) is 1.16. The van der Waals surface area contributed by atoms with Crippen LogP contribution < -0.4 is 5.32 Å². The molecule has 1 aromatic rings. The van der Waals surface area contributed by atoms with Crippen molar-refractivity contribution < 1.29 is 0 Å². The second-order valence-corrected chi connectivity index (χ2v) is 4.38. The molecule has 0 unspecified atom stereocenters. The van der Waals surface area contributed by atoms with E-state index in [4.69, 9.17) is 0 Å². The van der Waals surface area contributed by atoms with E-state index in [-0.39, 0.29) is 12.4 Å². The molecular weight excluding hydrogens is 261 g/mol. The third-order valence-electron chi connectivity index (χ3n) is 2.59. The van der Waals surface area contributed by atoms with Crippen molar-refractivity contribution in [3.8, 4) is 0 Å². The SMILES string of the molecule is Brc1ccccc1[C@H]1CCCCN1.Cl.